The number of pyridine rings is 1. The Labute approximate surface area is 142 Å². The predicted octanol–water partition coefficient (Wildman–Crippen LogP) is 3.22. The average Bonchev–Trinajstić information content (AvgIpc) is 2.79. The molecular weight excluding hydrogens is 354 g/mol. The normalized spacial score (nSPS) is 22.3. The Kier molecular flexibility index (Phi) is 4.18. The second-order valence-electron chi connectivity index (χ2n) is 5.55. The molecule has 0 spiro atoms. The zero-order valence-corrected chi connectivity index (χ0v) is 13.7. The predicted molar refractivity (Wildman–Crippen MR) is 83.8 cm³/mol. The van der Waals surface area contributed by atoms with E-state index in [0.29, 0.717) is 0 Å². The molecule has 3 rings (SSSR count). The van der Waals surface area contributed by atoms with Gasteiger partial charge in [0.25, 0.3) is 0 Å². The molecule has 6 nitrogen and oxygen atoms in total. The third kappa shape index (κ3) is 2.94. The third-order valence-electron chi connectivity index (χ3n) is 3.82. The van der Waals surface area contributed by atoms with Gasteiger partial charge in [-0.1, -0.05) is 0 Å². The van der Waals surface area contributed by atoms with E-state index in [4.69, 9.17) is 11.3 Å². The summed E-state index contributed by atoms with van der Waals surface area (Å²) in [7, 11) is -3.81. The molecule has 9 heteroatoms. The molecule has 0 saturated carbocycles. The molecule has 0 bridgehead atoms. The van der Waals surface area contributed by atoms with Gasteiger partial charge in [-0.2, -0.15) is 0 Å². The number of halogens is 2. The zero-order valence-electron chi connectivity index (χ0n) is 12.8. The number of alkyl halides is 2. The number of fused-ring (bicyclic) bond motifs is 1. The summed E-state index contributed by atoms with van der Waals surface area (Å²) in [5, 5.41) is 9.95. The van der Waals surface area contributed by atoms with Gasteiger partial charge >= 0.3 is 0 Å². The summed E-state index contributed by atoms with van der Waals surface area (Å²) >= 11 is 0. The maximum atomic E-state index is 14.4. The van der Waals surface area contributed by atoms with Crippen LogP contribution in [-0.2, 0) is 9.84 Å². The first-order valence-corrected chi connectivity index (χ1v) is 8.96. The molecule has 0 saturated heterocycles. The fourth-order valence-electron chi connectivity index (χ4n) is 2.73. The number of hydrogen-bond donors (Lipinski definition) is 1. The molecule has 1 aliphatic rings. The van der Waals surface area contributed by atoms with E-state index in [1.807, 2.05) is 0 Å². The maximum absolute atomic E-state index is 14.4. The SMILES string of the molecule is [C-]#[N+]c1cncc(Oc2ccc(S(C)(=O)=O)c3c2[C@@H](F)[C@@H](F)[C@H]3O)c1. The highest BCUT2D eigenvalue weighted by Crippen LogP contribution is 2.50. The first kappa shape index (κ1) is 17.3. The summed E-state index contributed by atoms with van der Waals surface area (Å²) < 4.78 is 57.6. The van der Waals surface area contributed by atoms with E-state index in [9.17, 15) is 22.3 Å². The monoisotopic (exact) mass is 366 g/mol. The molecule has 0 fully saturated rings. The van der Waals surface area contributed by atoms with Crippen LogP contribution in [-0.4, -0.2) is 30.9 Å². The van der Waals surface area contributed by atoms with Crippen molar-refractivity contribution in [1.82, 2.24) is 4.98 Å². The molecular formula is C16H12F2N2O4S. The fraction of sp³-hybridized carbons (Fsp3) is 0.250. The summed E-state index contributed by atoms with van der Waals surface area (Å²) in [5.41, 5.74) is -0.507. The number of aliphatic hydroxyl groups is 1. The quantitative estimate of drug-likeness (QED) is 0.844. The van der Waals surface area contributed by atoms with Crippen molar-refractivity contribution in [2.24, 2.45) is 0 Å². The highest BCUT2D eigenvalue weighted by molar-refractivity contribution is 7.90. The van der Waals surface area contributed by atoms with Crippen molar-refractivity contribution in [2.75, 3.05) is 6.26 Å². The van der Waals surface area contributed by atoms with E-state index in [-0.39, 0.29) is 33.2 Å². The van der Waals surface area contributed by atoms with Crippen LogP contribution >= 0.6 is 0 Å². The molecule has 25 heavy (non-hydrogen) atoms. The van der Waals surface area contributed by atoms with Crippen molar-refractivity contribution in [1.29, 1.82) is 0 Å². The van der Waals surface area contributed by atoms with Crippen LogP contribution in [0.1, 0.15) is 23.4 Å². The van der Waals surface area contributed by atoms with E-state index < -0.39 is 28.3 Å². The van der Waals surface area contributed by atoms with E-state index in [2.05, 4.69) is 9.83 Å². The second kappa shape index (κ2) is 6.06. The van der Waals surface area contributed by atoms with Crippen LogP contribution in [0.2, 0.25) is 0 Å². The number of benzene rings is 1. The number of ether oxygens (including phenoxy) is 1. The summed E-state index contributed by atoms with van der Waals surface area (Å²) in [5.74, 6) is -0.0372. The second-order valence-corrected chi connectivity index (χ2v) is 7.53. The van der Waals surface area contributed by atoms with Gasteiger partial charge in [0.1, 0.15) is 17.6 Å². The molecule has 1 aliphatic carbocycles. The van der Waals surface area contributed by atoms with Gasteiger partial charge in [-0.15, -0.1) is 0 Å². The van der Waals surface area contributed by atoms with Gasteiger partial charge < -0.3 is 9.84 Å². The average molecular weight is 366 g/mol. The number of sulfone groups is 1. The Hall–Kier alpha value is -2.57. The van der Waals surface area contributed by atoms with Gasteiger partial charge in [0.2, 0.25) is 5.69 Å². The fourth-order valence-corrected chi connectivity index (χ4v) is 3.67. The Morgan fingerprint density at radius 2 is 2.00 bits per heavy atom. The van der Waals surface area contributed by atoms with Crippen molar-refractivity contribution in [3.8, 4) is 11.5 Å². The minimum atomic E-state index is -3.81. The van der Waals surface area contributed by atoms with E-state index >= 15 is 0 Å². The van der Waals surface area contributed by atoms with Crippen molar-refractivity contribution >= 4 is 15.5 Å². The largest absolute Gasteiger partial charge is 0.457 e. The van der Waals surface area contributed by atoms with Crippen LogP contribution < -0.4 is 4.74 Å². The van der Waals surface area contributed by atoms with Gasteiger partial charge in [0.05, 0.1) is 17.7 Å². The standard InChI is InChI=1S/C16H12F2N2O4S/c1-19-8-5-9(7-20-6-8)24-10-3-4-11(25(2,22)23)13-12(10)14(17)15(18)16(13)21/h3-7,14-16,21H,2H3/t14-,15-,16+/m1/s1. The van der Waals surface area contributed by atoms with Crippen molar-refractivity contribution in [2.45, 2.75) is 23.3 Å². The Morgan fingerprint density at radius 3 is 2.64 bits per heavy atom. The van der Waals surface area contributed by atoms with E-state index in [1.165, 1.54) is 24.5 Å². The lowest BCUT2D eigenvalue weighted by atomic mass is 10.1. The number of aromatic nitrogens is 1. The van der Waals surface area contributed by atoms with Crippen LogP contribution in [0.15, 0.2) is 35.5 Å². The van der Waals surface area contributed by atoms with Crippen LogP contribution in [0.5, 0.6) is 11.5 Å². The summed E-state index contributed by atoms with van der Waals surface area (Å²) in [6.45, 7) is 6.94. The van der Waals surface area contributed by atoms with Crippen molar-refractivity contribution in [3.05, 3.63) is 53.1 Å². The minimum Gasteiger partial charge on any atom is -0.457 e. The number of rotatable bonds is 3. The molecule has 1 heterocycles. The molecule has 1 N–H and O–H groups in total. The number of aliphatic hydroxyl groups excluding tert-OH is 1. The highest BCUT2D eigenvalue weighted by Gasteiger charge is 2.45. The van der Waals surface area contributed by atoms with Gasteiger partial charge in [-0.3, -0.25) is 4.98 Å². The molecule has 0 aliphatic heterocycles. The van der Waals surface area contributed by atoms with Gasteiger partial charge in [-0.25, -0.2) is 22.0 Å². The van der Waals surface area contributed by atoms with Gasteiger partial charge in [-0.05, 0) is 18.2 Å². The highest BCUT2D eigenvalue weighted by atomic mass is 32.2. The van der Waals surface area contributed by atoms with E-state index in [0.717, 1.165) is 12.3 Å². The molecule has 3 atom stereocenters. The van der Waals surface area contributed by atoms with Crippen LogP contribution in [0, 0.1) is 6.57 Å². The topological polar surface area (TPSA) is 80.8 Å². The molecule has 0 radical (unpaired) electrons. The van der Waals surface area contributed by atoms with Crippen LogP contribution in [0.3, 0.4) is 0 Å². The van der Waals surface area contributed by atoms with Crippen LogP contribution in [0.4, 0.5) is 14.5 Å². The lowest BCUT2D eigenvalue weighted by Crippen LogP contribution is -2.11. The maximum Gasteiger partial charge on any atom is 0.208 e. The lowest BCUT2D eigenvalue weighted by molar-refractivity contribution is 0.0454. The molecule has 1 aromatic carbocycles. The Bertz CT molecular complexity index is 988. The summed E-state index contributed by atoms with van der Waals surface area (Å²) in [4.78, 5) is 6.64. The zero-order chi connectivity index (χ0) is 18.4. The minimum absolute atomic E-state index is 0.104. The van der Waals surface area contributed by atoms with Crippen LogP contribution in [0.25, 0.3) is 4.85 Å². The third-order valence-corrected chi connectivity index (χ3v) is 4.97. The summed E-state index contributed by atoms with van der Waals surface area (Å²) in [6, 6.07) is 3.67. The van der Waals surface area contributed by atoms with E-state index in [1.54, 1.807) is 0 Å². The van der Waals surface area contributed by atoms with Gasteiger partial charge in [0.15, 0.2) is 22.2 Å². The first-order valence-electron chi connectivity index (χ1n) is 7.07. The van der Waals surface area contributed by atoms with Crippen molar-refractivity contribution < 1.29 is 27.0 Å². The smallest absolute Gasteiger partial charge is 0.208 e. The molecule has 0 amide bonds. The Balaban J connectivity index is 2.16. The number of nitrogens with zero attached hydrogens (tertiary/aromatic N) is 2. The summed E-state index contributed by atoms with van der Waals surface area (Å²) in [6.07, 6.45) is -2.98. The van der Waals surface area contributed by atoms with Crippen molar-refractivity contribution in [3.63, 3.8) is 0 Å². The first-order chi connectivity index (χ1) is 11.7. The molecule has 2 aromatic rings. The molecule has 1 aromatic heterocycles. The van der Waals surface area contributed by atoms with Gasteiger partial charge in [0, 0.05) is 23.6 Å². The Morgan fingerprint density at radius 1 is 1.28 bits per heavy atom. The number of hydrogen-bond acceptors (Lipinski definition) is 5. The lowest BCUT2D eigenvalue weighted by Gasteiger charge is -2.14. The molecule has 130 valence electrons. The molecule has 0 unspecified atom stereocenters.